The second-order valence-electron chi connectivity index (χ2n) is 6.01. The third-order valence-corrected chi connectivity index (χ3v) is 3.99. The quantitative estimate of drug-likeness (QED) is 0.831. The molecule has 1 aliphatic heterocycles. The van der Waals surface area contributed by atoms with Crippen LogP contribution in [0.1, 0.15) is 19.1 Å². The van der Waals surface area contributed by atoms with E-state index >= 15 is 0 Å². The standard InChI is InChI=1S/C18H20N4O3/c1-12(10-14-8-5-9-25-14)20-18(24)15-11-16(17(19)23)22(21-15)13-6-3-2-4-7-13/h2-9,12,16H,10-11H2,1H3,(H2,19,23)(H,20,24)/t12-,16+/m1/s1. The molecule has 0 unspecified atom stereocenters. The summed E-state index contributed by atoms with van der Waals surface area (Å²) < 4.78 is 5.28. The molecule has 3 N–H and O–H groups in total. The van der Waals surface area contributed by atoms with Crippen molar-refractivity contribution in [3.05, 3.63) is 54.5 Å². The average molecular weight is 340 g/mol. The Morgan fingerprint density at radius 3 is 2.72 bits per heavy atom. The maximum Gasteiger partial charge on any atom is 0.267 e. The minimum Gasteiger partial charge on any atom is -0.469 e. The van der Waals surface area contributed by atoms with E-state index in [1.165, 1.54) is 5.01 Å². The van der Waals surface area contributed by atoms with Crippen LogP contribution in [0.2, 0.25) is 0 Å². The van der Waals surface area contributed by atoms with Gasteiger partial charge in [0, 0.05) is 18.9 Å². The molecule has 2 heterocycles. The number of anilines is 1. The Kier molecular flexibility index (Phi) is 4.83. The number of hydrazone groups is 1. The van der Waals surface area contributed by atoms with Gasteiger partial charge in [0.2, 0.25) is 5.91 Å². The molecule has 0 saturated carbocycles. The number of primary amides is 1. The van der Waals surface area contributed by atoms with Gasteiger partial charge in [-0.15, -0.1) is 0 Å². The summed E-state index contributed by atoms with van der Waals surface area (Å²) >= 11 is 0. The van der Waals surface area contributed by atoms with Crippen LogP contribution in [-0.4, -0.2) is 29.6 Å². The molecular formula is C18H20N4O3. The molecule has 0 radical (unpaired) electrons. The Balaban J connectivity index is 1.70. The third-order valence-electron chi connectivity index (χ3n) is 3.99. The Labute approximate surface area is 145 Å². The first-order chi connectivity index (χ1) is 12.0. The highest BCUT2D eigenvalue weighted by atomic mass is 16.3. The molecule has 0 spiro atoms. The molecule has 3 rings (SSSR count). The number of amides is 2. The molecule has 2 amide bonds. The molecule has 2 aromatic rings. The molecular weight excluding hydrogens is 320 g/mol. The number of carbonyl (C=O) groups is 2. The van der Waals surface area contributed by atoms with Crippen LogP contribution < -0.4 is 16.1 Å². The maximum absolute atomic E-state index is 12.5. The van der Waals surface area contributed by atoms with Crippen LogP contribution in [0.25, 0.3) is 0 Å². The van der Waals surface area contributed by atoms with E-state index in [-0.39, 0.29) is 18.4 Å². The van der Waals surface area contributed by atoms with Gasteiger partial charge in [0.15, 0.2) is 0 Å². The number of furan rings is 1. The Bertz CT molecular complexity index is 771. The first kappa shape index (κ1) is 16.8. The van der Waals surface area contributed by atoms with Gasteiger partial charge in [-0.05, 0) is 31.2 Å². The van der Waals surface area contributed by atoms with E-state index in [1.807, 2.05) is 43.3 Å². The van der Waals surface area contributed by atoms with E-state index in [1.54, 1.807) is 12.3 Å². The zero-order chi connectivity index (χ0) is 17.8. The van der Waals surface area contributed by atoms with Gasteiger partial charge in [0.25, 0.3) is 5.91 Å². The zero-order valence-electron chi connectivity index (χ0n) is 13.9. The number of rotatable bonds is 6. The maximum atomic E-state index is 12.5. The number of para-hydroxylation sites is 1. The lowest BCUT2D eigenvalue weighted by atomic mass is 10.1. The number of nitrogens with zero attached hydrogens (tertiary/aromatic N) is 2. The molecule has 25 heavy (non-hydrogen) atoms. The summed E-state index contributed by atoms with van der Waals surface area (Å²) in [7, 11) is 0. The molecule has 0 fully saturated rings. The summed E-state index contributed by atoms with van der Waals surface area (Å²) in [5, 5.41) is 8.72. The van der Waals surface area contributed by atoms with Gasteiger partial charge in [0.1, 0.15) is 17.5 Å². The second kappa shape index (κ2) is 7.21. The fraction of sp³-hybridized carbons (Fsp3) is 0.278. The van der Waals surface area contributed by atoms with Crippen molar-refractivity contribution in [2.24, 2.45) is 10.8 Å². The predicted octanol–water partition coefficient (Wildman–Crippen LogP) is 1.45. The summed E-state index contributed by atoms with van der Waals surface area (Å²) in [6.45, 7) is 1.89. The summed E-state index contributed by atoms with van der Waals surface area (Å²) in [4.78, 5) is 24.2. The molecule has 130 valence electrons. The first-order valence-corrected chi connectivity index (χ1v) is 8.09. The monoisotopic (exact) mass is 340 g/mol. The molecule has 0 aliphatic carbocycles. The molecule has 1 aromatic heterocycles. The van der Waals surface area contributed by atoms with Gasteiger partial charge < -0.3 is 15.5 Å². The van der Waals surface area contributed by atoms with Crippen molar-refractivity contribution < 1.29 is 14.0 Å². The first-order valence-electron chi connectivity index (χ1n) is 8.09. The number of nitrogens with one attached hydrogen (secondary N) is 1. The van der Waals surface area contributed by atoms with Crippen LogP contribution in [0.4, 0.5) is 5.69 Å². The van der Waals surface area contributed by atoms with Crippen LogP contribution in [0.5, 0.6) is 0 Å². The largest absolute Gasteiger partial charge is 0.469 e. The van der Waals surface area contributed by atoms with E-state index in [0.29, 0.717) is 12.1 Å². The second-order valence-corrected chi connectivity index (χ2v) is 6.01. The molecule has 7 heteroatoms. The van der Waals surface area contributed by atoms with Gasteiger partial charge in [0.05, 0.1) is 12.0 Å². The normalized spacial score (nSPS) is 17.9. The third kappa shape index (κ3) is 3.88. The lowest BCUT2D eigenvalue weighted by Gasteiger charge is -2.20. The highest BCUT2D eigenvalue weighted by Gasteiger charge is 2.35. The lowest BCUT2D eigenvalue weighted by Crippen LogP contribution is -2.41. The van der Waals surface area contributed by atoms with Crippen LogP contribution in [-0.2, 0) is 16.0 Å². The molecule has 7 nitrogen and oxygen atoms in total. The van der Waals surface area contributed by atoms with Crippen molar-refractivity contribution in [2.45, 2.75) is 31.8 Å². The highest BCUT2D eigenvalue weighted by Crippen LogP contribution is 2.24. The summed E-state index contributed by atoms with van der Waals surface area (Å²) in [6.07, 6.45) is 2.36. The van der Waals surface area contributed by atoms with Crippen molar-refractivity contribution in [3.8, 4) is 0 Å². The van der Waals surface area contributed by atoms with Crippen LogP contribution in [0.15, 0.2) is 58.2 Å². The lowest BCUT2D eigenvalue weighted by molar-refractivity contribution is -0.119. The van der Waals surface area contributed by atoms with Gasteiger partial charge in [-0.25, -0.2) is 0 Å². The van der Waals surface area contributed by atoms with E-state index in [9.17, 15) is 9.59 Å². The number of hydrogen-bond acceptors (Lipinski definition) is 5. The van der Waals surface area contributed by atoms with E-state index in [4.69, 9.17) is 10.2 Å². The Hall–Kier alpha value is -3.09. The van der Waals surface area contributed by atoms with Crippen molar-refractivity contribution >= 4 is 23.2 Å². The minimum atomic E-state index is -0.663. The molecule has 0 saturated heterocycles. The predicted molar refractivity (Wildman–Crippen MR) is 94.0 cm³/mol. The fourth-order valence-electron chi connectivity index (χ4n) is 2.78. The smallest absolute Gasteiger partial charge is 0.267 e. The van der Waals surface area contributed by atoms with E-state index < -0.39 is 11.9 Å². The van der Waals surface area contributed by atoms with Crippen molar-refractivity contribution in [2.75, 3.05) is 5.01 Å². The van der Waals surface area contributed by atoms with E-state index in [2.05, 4.69) is 10.4 Å². The molecule has 2 atom stereocenters. The number of carbonyl (C=O) groups excluding carboxylic acids is 2. The average Bonchev–Trinajstić information content (AvgIpc) is 3.24. The molecule has 0 bridgehead atoms. The summed E-state index contributed by atoms with van der Waals surface area (Å²) in [6, 6.07) is 12.1. The van der Waals surface area contributed by atoms with Crippen LogP contribution in [0.3, 0.4) is 0 Å². The summed E-state index contributed by atoms with van der Waals surface area (Å²) in [5.41, 5.74) is 6.49. The van der Waals surface area contributed by atoms with Gasteiger partial charge in [-0.1, -0.05) is 18.2 Å². The van der Waals surface area contributed by atoms with Crippen LogP contribution in [0, 0.1) is 0 Å². The number of benzene rings is 1. The SMILES string of the molecule is C[C@H](Cc1ccco1)NC(=O)C1=NN(c2ccccc2)[C@H](C(N)=O)C1. The fourth-order valence-corrected chi connectivity index (χ4v) is 2.78. The van der Waals surface area contributed by atoms with Crippen molar-refractivity contribution in [1.29, 1.82) is 0 Å². The Morgan fingerprint density at radius 1 is 1.32 bits per heavy atom. The van der Waals surface area contributed by atoms with Crippen molar-refractivity contribution in [1.82, 2.24) is 5.32 Å². The van der Waals surface area contributed by atoms with Crippen molar-refractivity contribution in [3.63, 3.8) is 0 Å². The Morgan fingerprint density at radius 2 is 2.08 bits per heavy atom. The van der Waals surface area contributed by atoms with E-state index in [0.717, 1.165) is 11.4 Å². The number of nitrogens with two attached hydrogens (primary N) is 1. The number of hydrogen-bond donors (Lipinski definition) is 2. The zero-order valence-corrected chi connectivity index (χ0v) is 13.9. The highest BCUT2D eigenvalue weighted by molar-refractivity contribution is 6.40. The molecule has 1 aromatic carbocycles. The van der Waals surface area contributed by atoms with Gasteiger partial charge >= 0.3 is 0 Å². The van der Waals surface area contributed by atoms with Gasteiger partial charge in [-0.2, -0.15) is 5.10 Å². The van der Waals surface area contributed by atoms with Gasteiger partial charge in [-0.3, -0.25) is 14.6 Å². The van der Waals surface area contributed by atoms with Crippen LogP contribution >= 0.6 is 0 Å². The summed E-state index contributed by atoms with van der Waals surface area (Å²) in [5.74, 6) is -0.0233. The minimum absolute atomic E-state index is 0.126. The topological polar surface area (TPSA) is 101 Å². The molecule has 1 aliphatic rings.